The normalized spacial score (nSPS) is 11.9. The monoisotopic (exact) mass is 416 g/mol. The van der Waals surface area contributed by atoms with Gasteiger partial charge in [-0.1, -0.05) is 50.1 Å². The summed E-state index contributed by atoms with van der Waals surface area (Å²) in [6, 6.07) is 9.10. The van der Waals surface area contributed by atoms with Gasteiger partial charge in [0.1, 0.15) is 5.82 Å². The molecule has 5 heteroatoms. The van der Waals surface area contributed by atoms with Crippen molar-refractivity contribution in [3.05, 3.63) is 53.1 Å². The van der Waals surface area contributed by atoms with Crippen LogP contribution in [-0.4, -0.2) is 20.4 Å². The first-order valence-corrected chi connectivity index (χ1v) is 9.21. The zero-order valence-electron chi connectivity index (χ0n) is 12.2. The standard InChI is InChI=1S/C16H19Br2FN2/c1-3-21-13(8-12(2)20-21)9-16(10-17,11-18)14-6-4-5-7-15(14)19/h4-8H,3,9-11H2,1-2H3. The second-order valence-electron chi connectivity index (χ2n) is 5.30. The zero-order valence-corrected chi connectivity index (χ0v) is 15.4. The molecular weight excluding hydrogens is 399 g/mol. The Balaban J connectivity index is 2.45. The lowest BCUT2D eigenvalue weighted by Crippen LogP contribution is -2.35. The van der Waals surface area contributed by atoms with Gasteiger partial charge in [-0.2, -0.15) is 5.10 Å². The summed E-state index contributed by atoms with van der Waals surface area (Å²) in [5.74, 6) is -0.157. The van der Waals surface area contributed by atoms with Gasteiger partial charge in [0.15, 0.2) is 0 Å². The van der Waals surface area contributed by atoms with Crippen LogP contribution in [0.3, 0.4) is 0 Å². The van der Waals surface area contributed by atoms with Crippen LogP contribution in [0.1, 0.15) is 23.9 Å². The van der Waals surface area contributed by atoms with Gasteiger partial charge in [0.05, 0.1) is 5.69 Å². The lowest BCUT2D eigenvalue weighted by atomic mass is 9.80. The Kier molecular flexibility index (Phi) is 5.60. The van der Waals surface area contributed by atoms with Gasteiger partial charge in [-0.05, 0) is 31.5 Å². The Morgan fingerprint density at radius 2 is 1.90 bits per heavy atom. The van der Waals surface area contributed by atoms with Crippen LogP contribution in [0.15, 0.2) is 30.3 Å². The van der Waals surface area contributed by atoms with Crippen molar-refractivity contribution in [2.45, 2.75) is 32.2 Å². The van der Waals surface area contributed by atoms with Crippen LogP contribution < -0.4 is 0 Å². The molecular formula is C16H19Br2FN2. The molecule has 0 amide bonds. The van der Waals surface area contributed by atoms with Crippen molar-refractivity contribution in [1.29, 1.82) is 0 Å². The molecule has 1 heterocycles. The molecule has 0 saturated heterocycles. The number of aromatic nitrogens is 2. The Morgan fingerprint density at radius 1 is 1.24 bits per heavy atom. The quantitative estimate of drug-likeness (QED) is 0.627. The number of benzene rings is 1. The Hall–Kier alpha value is -0.680. The Bertz CT molecular complexity index is 606. The van der Waals surface area contributed by atoms with Crippen LogP contribution in [-0.2, 0) is 18.4 Å². The minimum Gasteiger partial charge on any atom is -0.270 e. The van der Waals surface area contributed by atoms with Crippen LogP contribution in [0.5, 0.6) is 0 Å². The summed E-state index contributed by atoms with van der Waals surface area (Å²) in [5, 5.41) is 5.85. The molecule has 0 atom stereocenters. The first kappa shape index (κ1) is 16.7. The average Bonchev–Trinajstić information content (AvgIpc) is 2.85. The van der Waals surface area contributed by atoms with Crippen molar-refractivity contribution < 1.29 is 4.39 Å². The molecule has 0 aliphatic heterocycles. The molecule has 2 rings (SSSR count). The van der Waals surface area contributed by atoms with Gasteiger partial charge in [0.2, 0.25) is 0 Å². The molecule has 114 valence electrons. The second kappa shape index (κ2) is 7.05. The van der Waals surface area contributed by atoms with Gasteiger partial charge >= 0.3 is 0 Å². The van der Waals surface area contributed by atoms with E-state index < -0.39 is 0 Å². The molecule has 0 N–H and O–H groups in total. The molecule has 1 aromatic heterocycles. The van der Waals surface area contributed by atoms with Crippen LogP contribution in [0.2, 0.25) is 0 Å². The summed E-state index contributed by atoms with van der Waals surface area (Å²) in [5.41, 5.74) is 2.54. The van der Waals surface area contributed by atoms with E-state index in [0.717, 1.165) is 29.9 Å². The third kappa shape index (κ3) is 3.39. The molecule has 0 aliphatic rings. The van der Waals surface area contributed by atoms with Crippen molar-refractivity contribution in [3.8, 4) is 0 Å². The number of nitrogens with zero attached hydrogens (tertiary/aromatic N) is 2. The van der Waals surface area contributed by atoms with Gasteiger partial charge in [0, 0.05) is 34.7 Å². The lowest BCUT2D eigenvalue weighted by Gasteiger charge is -2.31. The third-order valence-corrected chi connectivity index (χ3v) is 5.91. The maximum Gasteiger partial charge on any atom is 0.127 e. The lowest BCUT2D eigenvalue weighted by molar-refractivity contribution is 0.477. The van der Waals surface area contributed by atoms with E-state index in [2.05, 4.69) is 49.9 Å². The van der Waals surface area contributed by atoms with Gasteiger partial charge < -0.3 is 0 Å². The van der Waals surface area contributed by atoms with E-state index in [4.69, 9.17) is 0 Å². The second-order valence-corrected chi connectivity index (χ2v) is 6.42. The van der Waals surface area contributed by atoms with Gasteiger partial charge in [-0.15, -0.1) is 0 Å². The van der Waals surface area contributed by atoms with E-state index in [0.29, 0.717) is 10.7 Å². The number of aryl methyl sites for hydroxylation is 2. The minimum atomic E-state index is -0.329. The molecule has 21 heavy (non-hydrogen) atoms. The number of alkyl halides is 2. The summed E-state index contributed by atoms with van der Waals surface area (Å²) in [6.07, 6.45) is 0.735. The predicted octanol–water partition coefficient (Wildman–Crippen LogP) is 4.62. The third-order valence-electron chi connectivity index (χ3n) is 3.76. The molecule has 0 bridgehead atoms. The highest BCUT2D eigenvalue weighted by molar-refractivity contribution is 9.09. The number of rotatable bonds is 6. The van der Waals surface area contributed by atoms with Crippen LogP contribution in [0, 0.1) is 12.7 Å². The number of hydrogen-bond acceptors (Lipinski definition) is 1. The van der Waals surface area contributed by atoms with Crippen molar-refractivity contribution in [1.82, 2.24) is 9.78 Å². The first-order valence-electron chi connectivity index (χ1n) is 6.96. The summed E-state index contributed by atoms with van der Waals surface area (Å²) < 4.78 is 16.3. The van der Waals surface area contributed by atoms with E-state index in [1.807, 2.05) is 23.7 Å². The molecule has 2 aromatic rings. The summed E-state index contributed by atoms with van der Waals surface area (Å²) in [4.78, 5) is 0. The van der Waals surface area contributed by atoms with Gasteiger partial charge in [-0.3, -0.25) is 4.68 Å². The maximum atomic E-state index is 14.3. The Morgan fingerprint density at radius 3 is 2.48 bits per heavy atom. The average molecular weight is 418 g/mol. The minimum absolute atomic E-state index is 0.157. The molecule has 2 nitrogen and oxygen atoms in total. The molecule has 0 saturated carbocycles. The predicted molar refractivity (Wildman–Crippen MR) is 92.0 cm³/mol. The molecule has 0 spiro atoms. The molecule has 0 radical (unpaired) electrons. The molecule has 1 aromatic carbocycles. The van der Waals surface area contributed by atoms with Gasteiger partial charge in [-0.25, -0.2) is 4.39 Å². The summed E-state index contributed by atoms with van der Waals surface area (Å²) >= 11 is 7.18. The summed E-state index contributed by atoms with van der Waals surface area (Å²) in [7, 11) is 0. The van der Waals surface area contributed by atoms with E-state index >= 15 is 0 Å². The summed E-state index contributed by atoms with van der Waals surface area (Å²) in [6.45, 7) is 4.88. The van der Waals surface area contributed by atoms with Crippen molar-refractivity contribution >= 4 is 31.9 Å². The van der Waals surface area contributed by atoms with E-state index in [1.165, 1.54) is 6.07 Å². The Labute approximate surface area is 142 Å². The largest absolute Gasteiger partial charge is 0.270 e. The van der Waals surface area contributed by atoms with Crippen LogP contribution in [0.25, 0.3) is 0 Å². The van der Waals surface area contributed by atoms with Crippen molar-refractivity contribution in [3.63, 3.8) is 0 Å². The zero-order chi connectivity index (χ0) is 15.5. The fraction of sp³-hybridized carbons (Fsp3) is 0.438. The van der Waals surface area contributed by atoms with Gasteiger partial charge in [0.25, 0.3) is 0 Å². The van der Waals surface area contributed by atoms with E-state index in [-0.39, 0.29) is 11.2 Å². The van der Waals surface area contributed by atoms with Crippen LogP contribution in [0.4, 0.5) is 4.39 Å². The van der Waals surface area contributed by atoms with Crippen molar-refractivity contribution in [2.24, 2.45) is 0 Å². The molecule has 0 unspecified atom stereocenters. The number of hydrogen-bond donors (Lipinski definition) is 0. The molecule has 0 aliphatic carbocycles. The number of halogens is 3. The smallest absolute Gasteiger partial charge is 0.127 e. The fourth-order valence-corrected chi connectivity index (χ4v) is 4.55. The van der Waals surface area contributed by atoms with E-state index in [1.54, 1.807) is 6.07 Å². The maximum absolute atomic E-state index is 14.3. The van der Waals surface area contributed by atoms with Crippen LogP contribution >= 0.6 is 31.9 Å². The van der Waals surface area contributed by atoms with E-state index in [9.17, 15) is 4.39 Å². The van der Waals surface area contributed by atoms with Crippen molar-refractivity contribution in [2.75, 3.05) is 10.7 Å². The fourth-order valence-electron chi connectivity index (χ4n) is 2.62. The highest BCUT2D eigenvalue weighted by Gasteiger charge is 2.34. The highest BCUT2D eigenvalue weighted by Crippen LogP contribution is 2.34. The topological polar surface area (TPSA) is 17.8 Å². The highest BCUT2D eigenvalue weighted by atomic mass is 79.9. The first-order chi connectivity index (χ1) is 10.1. The molecule has 0 fully saturated rings. The SMILES string of the molecule is CCn1nc(C)cc1CC(CBr)(CBr)c1ccccc1F.